The summed E-state index contributed by atoms with van der Waals surface area (Å²) in [5.41, 5.74) is 3.67. The fraction of sp³-hybridized carbons (Fsp3) is 0.500. The molecule has 22 heavy (non-hydrogen) atoms. The van der Waals surface area contributed by atoms with Gasteiger partial charge in [-0.1, -0.05) is 31.2 Å². The van der Waals surface area contributed by atoms with Crippen LogP contribution in [0, 0.1) is 0 Å². The lowest BCUT2D eigenvalue weighted by molar-refractivity contribution is 0.0198. The van der Waals surface area contributed by atoms with Crippen molar-refractivity contribution in [2.75, 3.05) is 26.3 Å². The Kier molecular flexibility index (Phi) is 4.90. The highest BCUT2D eigenvalue weighted by atomic mass is 16.5. The molecule has 1 N–H and O–H groups in total. The molecule has 2 heterocycles. The summed E-state index contributed by atoms with van der Waals surface area (Å²) in [4.78, 5) is 10.3. The summed E-state index contributed by atoms with van der Waals surface area (Å²) in [6.45, 7) is 8.17. The summed E-state index contributed by atoms with van der Waals surface area (Å²) in [6, 6.07) is 9.28. The summed E-state index contributed by atoms with van der Waals surface area (Å²) in [7, 11) is 0. The average molecular weight is 299 g/mol. The Morgan fingerprint density at radius 3 is 2.64 bits per heavy atom. The van der Waals surface area contributed by atoms with Gasteiger partial charge in [-0.25, -0.2) is 4.98 Å². The fourth-order valence-electron chi connectivity index (χ4n) is 2.99. The predicted octanol–water partition coefficient (Wildman–Crippen LogP) is 3.42. The fourth-order valence-corrected chi connectivity index (χ4v) is 2.99. The molecule has 4 heteroatoms. The second-order valence-corrected chi connectivity index (χ2v) is 5.94. The molecule has 0 saturated carbocycles. The molecule has 1 aliphatic rings. The molecule has 0 radical (unpaired) electrons. The molecule has 1 aliphatic heterocycles. The lowest BCUT2D eigenvalue weighted by Crippen LogP contribution is -2.37. The third kappa shape index (κ3) is 3.39. The molecule has 1 aromatic heterocycles. The van der Waals surface area contributed by atoms with Crippen LogP contribution in [0.4, 0.5) is 0 Å². The summed E-state index contributed by atoms with van der Waals surface area (Å²) >= 11 is 0. The van der Waals surface area contributed by atoms with Gasteiger partial charge in [-0.15, -0.1) is 0 Å². The van der Waals surface area contributed by atoms with Gasteiger partial charge < -0.3 is 9.72 Å². The second-order valence-electron chi connectivity index (χ2n) is 5.94. The molecule has 0 aliphatic carbocycles. The molecule has 2 aromatic rings. The van der Waals surface area contributed by atoms with Crippen LogP contribution in [0.1, 0.15) is 37.7 Å². The summed E-state index contributed by atoms with van der Waals surface area (Å²) < 4.78 is 5.43. The van der Waals surface area contributed by atoms with Crippen molar-refractivity contribution < 1.29 is 4.74 Å². The van der Waals surface area contributed by atoms with Gasteiger partial charge in [0.1, 0.15) is 5.82 Å². The minimum absolute atomic E-state index is 0.440. The number of rotatable bonds is 5. The Morgan fingerprint density at radius 1 is 1.23 bits per heavy atom. The minimum atomic E-state index is 0.440. The first-order valence-corrected chi connectivity index (χ1v) is 8.24. The highest BCUT2D eigenvalue weighted by Gasteiger charge is 2.18. The normalized spacial score (nSPS) is 17.5. The smallest absolute Gasteiger partial charge is 0.106 e. The molecule has 1 atom stereocenters. The first-order chi connectivity index (χ1) is 10.8. The molecule has 0 spiro atoms. The van der Waals surface area contributed by atoms with Crippen LogP contribution in [-0.4, -0.2) is 41.2 Å². The zero-order chi connectivity index (χ0) is 15.4. The summed E-state index contributed by atoms with van der Waals surface area (Å²) in [5, 5.41) is 0. The van der Waals surface area contributed by atoms with Crippen molar-refractivity contribution in [3.05, 3.63) is 41.9 Å². The standard InChI is InChI=1S/C18H25N3O/c1-3-4-18-19-13-17(20-18)16-7-5-15(6-8-16)14(2)21-9-11-22-12-10-21/h5-8,13-14H,3-4,9-12H2,1-2H3,(H,19,20)/t14-/m0/s1. The highest BCUT2D eigenvalue weighted by molar-refractivity contribution is 5.59. The van der Waals surface area contributed by atoms with E-state index in [2.05, 4.69) is 53.0 Å². The van der Waals surface area contributed by atoms with E-state index < -0.39 is 0 Å². The van der Waals surface area contributed by atoms with Gasteiger partial charge in [0.25, 0.3) is 0 Å². The van der Waals surface area contributed by atoms with E-state index in [1.807, 2.05) is 6.20 Å². The van der Waals surface area contributed by atoms with Gasteiger partial charge >= 0.3 is 0 Å². The quantitative estimate of drug-likeness (QED) is 0.919. The Labute approximate surface area is 132 Å². The number of nitrogens with one attached hydrogen (secondary N) is 1. The molecule has 0 bridgehead atoms. The number of aromatic nitrogens is 2. The number of H-pyrrole nitrogens is 1. The van der Waals surface area contributed by atoms with Gasteiger partial charge in [0.05, 0.1) is 25.1 Å². The summed E-state index contributed by atoms with van der Waals surface area (Å²) in [6.07, 6.45) is 4.06. The minimum Gasteiger partial charge on any atom is -0.379 e. The predicted molar refractivity (Wildman–Crippen MR) is 88.8 cm³/mol. The maximum atomic E-state index is 5.43. The van der Waals surface area contributed by atoms with Crippen LogP contribution in [0.2, 0.25) is 0 Å². The lowest BCUT2D eigenvalue weighted by atomic mass is 10.0. The molecule has 0 amide bonds. The van der Waals surface area contributed by atoms with Gasteiger partial charge in [0.15, 0.2) is 0 Å². The Hall–Kier alpha value is -1.65. The number of ether oxygens (including phenoxy) is 1. The monoisotopic (exact) mass is 299 g/mol. The SMILES string of the molecule is CCCc1ncc(-c2ccc([C@H](C)N3CCOCC3)cc2)[nH]1. The van der Waals surface area contributed by atoms with Crippen molar-refractivity contribution in [1.82, 2.24) is 14.9 Å². The molecule has 4 nitrogen and oxygen atoms in total. The number of imidazole rings is 1. The number of hydrogen-bond donors (Lipinski definition) is 1. The number of aromatic amines is 1. The van der Waals surface area contributed by atoms with Crippen LogP contribution in [0.25, 0.3) is 11.3 Å². The van der Waals surface area contributed by atoms with E-state index in [0.29, 0.717) is 6.04 Å². The van der Waals surface area contributed by atoms with Crippen molar-refractivity contribution in [2.24, 2.45) is 0 Å². The van der Waals surface area contributed by atoms with Crippen molar-refractivity contribution in [2.45, 2.75) is 32.7 Å². The molecule has 0 unspecified atom stereocenters. The van der Waals surface area contributed by atoms with Crippen LogP contribution in [0.5, 0.6) is 0 Å². The Morgan fingerprint density at radius 2 is 1.95 bits per heavy atom. The van der Waals surface area contributed by atoms with E-state index in [-0.39, 0.29) is 0 Å². The zero-order valence-corrected chi connectivity index (χ0v) is 13.5. The first kappa shape index (κ1) is 15.3. The molecular formula is C18H25N3O. The zero-order valence-electron chi connectivity index (χ0n) is 13.5. The molecule has 118 valence electrons. The van der Waals surface area contributed by atoms with Crippen LogP contribution < -0.4 is 0 Å². The second kappa shape index (κ2) is 7.07. The topological polar surface area (TPSA) is 41.2 Å². The van der Waals surface area contributed by atoms with Gasteiger partial charge in [-0.05, 0) is 24.5 Å². The van der Waals surface area contributed by atoms with E-state index in [0.717, 1.165) is 50.7 Å². The van der Waals surface area contributed by atoms with E-state index >= 15 is 0 Å². The number of hydrogen-bond acceptors (Lipinski definition) is 3. The van der Waals surface area contributed by atoms with Crippen LogP contribution in [0.15, 0.2) is 30.5 Å². The van der Waals surface area contributed by atoms with Crippen molar-refractivity contribution in [3.8, 4) is 11.3 Å². The van der Waals surface area contributed by atoms with E-state index in [1.54, 1.807) is 0 Å². The molecule has 3 rings (SSSR count). The number of morpholine rings is 1. The third-order valence-corrected chi connectivity index (χ3v) is 4.41. The lowest BCUT2D eigenvalue weighted by Gasteiger charge is -2.32. The molecular weight excluding hydrogens is 274 g/mol. The highest BCUT2D eigenvalue weighted by Crippen LogP contribution is 2.24. The number of benzene rings is 1. The average Bonchev–Trinajstić information content (AvgIpc) is 3.04. The van der Waals surface area contributed by atoms with Gasteiger partial charge in [0, 0.05) is 25.6 Å². The Balaban J connectivity index is 1.71. The number of aryl methyl sites for hydroxylation is 1. The maximum absolute atomic E-state index is 5.43. The van der Waals surface area contributed by atoms with Crippen LogP contribution in [-0.2, 0) is 11.2 Å². The summed E-state index contributed by atoms with van der Waals surface area (Å²) in [5.74, 6) is 1.07. The maximum Gasteiger partial charge on any atom is 0.106 e. The molecule has 1 aromatic carbocycles. The number of nitrogens with zero attached hydrogens (tertiary/aromatic N) is 2. The van der Waals surface area contributed by atoms with Gasteiger partial charge in [0.2, 0.25) is 0 Å². The van der Waals surface area contributed by atoms with E-state index in [1.165, 1.54) is 11.1 Å². The molecule has 1 fully saturated rings. The molecule has 1 saturated heterocycles. The largest absolute Gasteiger partial charge is 0.379 e. The van der Waals surface area contributed by atoms with Crippen molar-refractivity contribution in [1.29, 1.82) is 0 Å². The van der Waals surface area contributed by atoms with Crippen LogP contribution >= 0.6 is 0 Å². The van der Waals surface area contributed by atoms with Crippen LogP contribution in [0.3, 0.4) is 0 Å². The van der Waals surface area contributed by atoms with E-state index in [9.17, 15) is 0 Å². The third-order valence-electron chi connectivity index (χ3n) is 4.41. The van der Waals surface area contributed by atoms with E-state index in [4.69, 9.17) is 4.74 Å². The van der Waals surface area contributed by atoms with Gasteiger partial charge in [-0.3, -0.25) is 4.90 Å². The van der Waals surface area contributed by atoms with Crippen molar-refractivity contribution >= 4 is 0 Å². The Bertz CT molecular complexity index is 585. The first-order valence-electron chi connectivity index (χ1n) is 8.24. The van der Waals surface area contributed by atoms with Crippen molar-refractivity contribution in [3.63, 3.8) is 0 Å². The van der Waals surface area contributed by atoms with Gasteiger partial charge in [-0.2, -0.15) is 0 Å².